The molecule has 1 aliphatic heterocycles. The minimum Gasteiger partial charge on any atom is -0.397 e. The van der Waals surface area contributed by atoms with Crippen LogP contribution in [0.1, 0.15) is 19.8 Å². The summed E-state index contributed by atoms with van der Waals surface area (Å²) in [6.07, 6.45) is 1.43. The van der Waals surface area contributed by atoms with E-state index in [9.17, 15) is 14.0 Å². The summed E-state index contributed by atoms with van der Waals surface area (Å²) in [4.78, 5) is 25.2. The molecule has 0 spiro atoms. The topological polar surface area (TPSA) is 75.4 Å². The van der Waals surface area contributed by atoms with Crippen LogP contribution in [-0.4, -0.2) is 29.8 Å². The molecule has 3 N–H and O–H groups in total. The van der Waals surface area contributed by atoms with Crippen molar-refractivity contribution in [2.24, 2.45) is 5.92 Å². The van der Waals surface area contributed by atoms with Gasteiger partial charge in [-0.25, -0.2) is 4.39 Å². The number of rotatable bonds is 4. The van der Waals surface area contributed by atoms with Gasteiger partial charge in [-0.3, -0.25) is 9.59 Å². The fourth-order valence-electron chi connectivity index (χ4n) is 2.29. The third-order valence-corrected chi connectivity index (χ3v) is 3.49. The van der Waals surface area contributed by atoms with Gasteiger partial charge in [-0.05, 0) is 24.1 Å². The Hall–Kier alpha value is -2.11. The highest BCUT2D eigenvalue weighted by Gasteiger charge is 2.29. The number of benzene rings is 1. The van der Waals surface area contributed by atoms with Gasteiger partial charge in [0, 0.05) is 13.0 Å². The zero-order valence-corrected chi connectivity index (χ0v) is 11.4. The number of halogens is 1. The molecular formula is C14H18FN3O2. The van der Waals surface area contributed by atoms with Gasteiger partial charge in [0.25, 0.3) is 0 Å². The van der Waals surface area contributed by atoms with Gasteiger partial charge in [-0.15, -0.1) is 0 Å². The van der Waals surface area contributed by atoms with E-state index in [1.165, 1.54) is 12.1 Å². The second-order valence-electron chi connectivity index (χ2n) is 5.03. The third-order valence-electron chi connectivity index (χ3n) is 3.49. The monoisotopic (exact) mass is 279 g/mol. The van der Waals surface area contributed by atoms with Gasteiger partial charge in [-0.2, -0.15) is 0 Å². The number of nitrogens with zero attached hydrogens (tertiary/aromatic N) is 1. The van der Waals surface area contributed by atoms with Crippen molar-refractivity contribution in [3.8, 4) is 0 Å². The Morgan fingerprint density at radius 2 is 2.30 bits per heavy atom. The van der Waals surface area contributed by atoms with E-state index in [1.54, 1.807) is 4.90 Å². The summed E-state index contributed by atoms with van der Waals surface area (Å²) in [6, 6.07) is 3.77. The van der Waals surface area contributed by atoms with Crippen molar-refractivity contribution in [3.05, 3.63) is 24.0 Å². The molecule has 0 saturated carbocycles. The molecule has 1 saturated heterocycles. The van der Waals surface area contributed by atoms with E-state index in [1.807, 2.05) is 6.92 Å². The van der Waals surface area contributed by atoms with E-state index in [4.69, 9.17) is 5.73 Å². The molecule has 1 atom stereocenters. The van der Waals surface area contributed by atoms with E-state index in [2.05, 4.69) is 5.32 Å². The normalized spacial score (nSPS) is 18.4. The van der Waals surface area contributed by atoms with Crippen LogP contribution in [-0.2, 0) is 9.59 Å². The highest BCUT2D eigenvalue weighted by atomic mass is 19.1. The molecule has 6 heteroatoms. The number of likely N-dealkylation sites (tertiary alicyclic amines) is 1. The Bertz CT molecular complexity index is 533. The SMILES string of the molecule is CCC1CC(=O)N(CC(=O)Nc2ccc(F)cc2N)C1. The number of hydrogen-bond acceptors (Lipinski definition) is 3. The minimum absolute atomic E-state index is 0.000854. The summed E-state index contributed by atoms with van der Waals surface area (Å²) in [5.41, 5.74) is 6.13. The number of carbonyl (C=O) groups excluding carboxylic acids is 2. The molecule has 2 amide bonds. The average Bonchev–Trinajstić information content (AvgIpc) is 2.74. The van der Waals surface area contributed by atoms with Crippen LogP contribution in [0.2, 0.25) is 0 Å². The summed E-state index contributed by atoms with van der Waals surface area (Å²) >= 11 is 0. The molecule has 0 bridgehead atoms. The molecule has 5 nitrogen and oxygen atoms in total. The zero-order valence-electron chi connectivity index (χ0n) is 11.4. The number of nitrogens with two attached hydrogens (primary N) is 1. The molecule has 0 aliphatic carbocycles. The molecule has 1 unspecified atom stereocenters. The van der Waals surface area contributed by atoms with Crippen LogP contribution in [0, 0.1) is 11.7 Å². The lowest BCUT2D eigenvalue weighted by atomic mass is 10.1. The molecule has 0 radical (unpaired) electrons. The second-order valence-corrected chi connectivity index (χ2v) is 5.03. The van der Waals surface area contributed by atoms with E-state index >= 15 is 0 Å². The lowest BCUT2D eigenvalue weighted by Gasteiger charge is -2.16. The zero-order chi connectivity index (χ0) is 14.7. The predicted octanol–water partition coefficient (Wildman–Crippen LogP) is 1.60. The van der Waals surface area contributed by atoms with Crippen molar-refractivity contribution < 1.29 is 14.0 Å². The molecule has 1 aromatic carbocycles. The van der Waals surface area contributed by atoms with Gasteiger partial charge < -0.3 is 16.0 Å². The quantitative estimate of drug-likeness (QED) is 0.822. The smallest absolute Gasteiger partial charge is 0.244 e. The van der Waals surface area contributed by atoms with Crippen molar-refractivity contribution in [1.82, 2.24) is 4.90 Å². The lowest BCUT2D eigenvalue weighted by Crippen LogP contribution is -2.34. The van der Waals surface area contributed by atoms with Crippen LogP contribution in [0.15, 0.2) is 18.2 Å². The maximum Gasteiger partial charge on any atom is 0.244 e. The molecule has 1 aromatic rings. The highest BCUT2D eigenvalue weighted by molar-refractivity contribution is 5.97. The Kier molecular flexibility index (Phi) is 4.22. The minimum atomic E-state index is -0.457. The molecule has 2 rings (SSSR count). The molecule has 1 aliphatic rings. The van der Waals surface area contributed by atoms with Crippen molar-refractivity contribution in [1.29, 1.82) is 0 Å². The number of carbonyl (C=O) groups is 2. The van der Waals surface area contributed by atoms with Crippen LogP contribution >= 0.6 is 0 Å². The summed E-state index contributed by atoms with van der Waals surface area (Å²) in [7, 11) is 0. The Balaban J connectivity index is 1.94. The first-order valence-electron chi connectivity index (χ1n) is 6.62. The van der Waals surface area contributed by atoms with Crippen LogP contribution in [0.5, 0.6) is 0 Å². The van der Waals surface area contributed by atoms with E-state index in [0.717, 1.165) is 12.5 Å². The van der Waals surface area contributed by atoms with Crippen molar-refractivity contribution in [3.63, 3.8) is 0 Å². The molecular weight excluding hydrogens is 261 g/mol. The van der Waals surface area contributed by atoms with Crippen LogP contribution < -0.4 is 11.1 Å². The number of hydrogen-bond donors (Lipinski definition) is 2. The molecule has 1 fully saturated rings. The third kappa shape index (κ3) is 3.26. The van der Waals surface area contributed by atoms with E-state index in [-0.39, 0.29) is 24.0 Å². The Morgan fingerprint density at radius 1 is 1.55 bits per heavy atom. The Labute approximate surface area is 116 Å². The first-order chi connectivity index (χ1) is 9.49. The number of nitrogen functional groups attached to an aromatic ring is 1. The molecule has 0 aromatic heterocycles. The number of amides is 2. The second kappa shape index (κ2) is 5.90. The van der Waals surface area contributed by atoms with Crippen LogP contribution in [0.3, 0.4) is 0 Å². The van der Waals surface area contributed by atoms with E-state index < -0.39 is 5.82 Å². The highest BCUT2D eigenvalue weighted by Crippen LogP contribution is 2.21. The predicted molar refractivity (Wildman–Crippen MR) is 74.4 cm³/mol. The molecule has 1 heterocycles. The first-order valence-corrected chi connectivity index (χ1v) is 6.62. The first kappa shape index (κ1) is 14.3. The molecule has 108 valence electrons. The number of anilines is 2. The van der Waals surface area contributed by atoms with Gasteiger partial charge in [0.1, 0.15) is 5.82 Å². The van der Waals surface area contributed by atoms with Gasteiger partial charge in [0.05, 0.1) is 17.9 Å². The maximum atomic E-state index is 12.9. The van der Waals surface area contributed by atoms with Gasteiger partial charge >= 0.3 is 0 Å². The fourth-order valence-corrected chi connectivity index (χ4v) is 2.29. The largest absolute Gasteiger partial charge is 0.397 e. The van der Waals surface area contributed by atoms with Gasteiger partial charge in [0.2, 0.25) is 11.8 Å². The summed E-state index contributed by atoms with van der Waals surface area (Å²) in [6.45, 7) is 2.65. The van der Waals surface area contributed by atoms with Crippen LogP contribution in [0.25, 0.3) is 0 Å². The van der Waals surface area contributed by atoms with E-state index in [0.29, 0.717) is 24.6 Å². The standard InChI is InChI=1S/C14H18FN3O2/c1-2-9-5-14(20)18(7-9)8-13(19)17-12-4-3-10(15)6-11(12)16/h3-4,6,9H,2,5,7-8,16H2,1H3,(H,17,19). The fraction of sp³-hybridized carbons (Fsp3) is 0.429. The number of nitrogens with one attached hydrogen (secondary N) is 1. The summed E-state index contributed by atoms with van der Waals surface area (Å²) < 4.78 is 12.9. The van der Waals surface area contributed by atoms with Crippen LogP contribution in [0.4, 0.5) is 15.8 Å². The molecule has 20 heavy (non-hydrogen) atoms. The lowest BCUT2D eigenvalue weighted by molar-refractivity contribution is -0.131. The Morgan fingerprint density at radius 3 is 2.90 bits per heavy atom. The average molecular weight is 279 g/mol. The van der Waals surface area contributed by atoms with Crippen molar-refractivity contribution in [2.75, 3.05) is 24.1 Å². The summed E-state index contributed by atoms with van der Waals surface area (Å²) in [5, 5.41) is 2.59. The van der Waals surface area contributed by atoms with Crippen molar-refractivity contribution >= 4 is 23.2 Å². The maximum absolute atomic E-state index is 12.9. The summed E-state index contributed by atoms with van der Waals surface area (Å²) in [5.74, 6) is -0.459. The van der Waals surface area contributed by atoms with Gasteiger partial charge in [-0.1, -0.05) is 13.3 Å². The van der Waals surface area contributed by atoms with Crippen molar-refractivity contribution in [2.45, 2.75) is 19.8 Å². The van der Waals surface area contributed by atoms with Gasteiger partial charge in [0.15, 0.2) is 0 Å².